The van der Waals surface area contributed by atoms with Crippen molar-refractivity contribution < 1.29 is 14.3 Å². The molecule has 4 aromatic rings. The van der Waals surface area contributed by atoms with Crippen molar-refractivity contribution in [2.45, 2.75) is 32.5 Å². The monoisotopic (exact) mass is 449 g/mol. The van der Waals surface area contributed by atoms with Crippen molar-refractivity contribution in [3.05, 3.63) is 95.2 Å². The number of Topliss-reactive ketones (excluding diaryl/α,β-unsaturated/α-hetero) is 1. The molecule has 1 aromatic heterocycles. The van der Waals surface area contributed by atoms with E-state index in [1.54, 1.807) is 6.92 Å². The van der Waals surface area contributed by atoms with Gasteiger partial charge in [-0.25, -0.2) is 0 Å². The molecule has 34 heavy (non-hydrogen) atoms. The van der Waals surface area contributed by atoms with Crippen LogP contribution in [0.15, 0.2) is 72.9 Å². The van der Waals surface area contributed by atoms with Gasteiger partial charge in [0.2, 0.25) is 0 Å². The minimum atomic E-state index is 0.0270. The van der Waals surface area contributed by atoms with Gasteiger partial charge in [-0.15, -0.1) is 0 Å². The molecule has 1 aliphatic rings. The minimum Gasteiger partial charge on any atom is -0.381 e. The molecule has 0 amide bonds. The lowest BCUT2D eigenvalue weighted by Gasteiger charge is -2.22. The fraction of sp³-hybridized carbons (Fsp3) is 0.233. The van der Waals surface area contributed by atoms with E-state index in [4.69, 9.17) is 9.47 Å². The second-order valence-corrected chi connectivity index (χ2v) is 8.63. The summed E-state index contributed by atoms with van der Waals surface area (Å²) < 4.78 is 11.4. The molecule has 0 spiro atoms. The summed E-state index contributed by atoms with van der Waals surface area (Å²) >= 11 is 0. The van der Waals surface area contributed by atoms with Crippen LogP contribution in [0.4, 0.5) is 0 Å². The Morgan fingerprint density at radius 2 is 1.85 bits per heavy atom. The lowest BCUT2D eigenvalue weighted by Crippen LogP contribution is -2.23. The fourth-order valence-electron chi connectivity index (χ4n) is 4.34. The number of rotatable bonds is 5. The van der Waals surface area contributed by atoms with E-state index in [-0.39, 0.29) is 11.9 Å². The molecule has 0 bridgehead atoms. The van der Waals surface area contributed by atoms with Crippen molar-refractivity contribution in [3.8, 4) is 23.0 Å². The molecule has 1 fully saturated rings. The maximum absolute atomic E-state index is 12.4. The van der Waals surface area contributed by atoms with E-state index in [1.807, 2.05) is 42.6 Å². The van der Waals surface area contributed by atoms with E-state index < -0.39 is 0 Å². The third kappa shape index (κ3) is 4.97. The topological polar surface area (TPSA) is 51.3 Å². The van der Waals surface area contributed by atoms with Gasteiger partial charge >= 0.3 is 0 Å². The number of carbonyl (C=O) groups excluding carboxylic acids is 1. The van der Waals surface area contributed by atoms with Gasteiger partial charge in [-0.1, -0.05) is 48.2 Å². The van der Waals surface area contributed by atoms with Crippen LogP contribution in [-0.2, 0) is 16.1 Å². The quantitative estimate of drug-likeness (QED) is 0.294. The Kier molecular flexibility index (Phi) is 6.58. The van der Waals surface area contributed by atoms with E-state index in [9.17, 15) is 4.79 Å². The van der Waals surface area contributed by atoms with Gasteiger partial charge in [-0.3, -0.25) is 4.79 Å². The Bertz CT molecular complexity index is 1370. The summed E-state index contributed by atoms with van der Waals surface area (Å²) in [4.78, 5) is 15.7. The van der Waals surface area contributed by atoms with Crippen LogP contribution in [0.5, 0.6) is 0 Å². The summed E-state index contributed by atoms with van der Waals surface area (Å²) in [7, 11) is 0. The largest absolute Gasteiger partial charge is 0.381 e. The van der Waals surface area contributed by atoms with E-state index >= 15 is 0 Å². The summed E-state index contributed by atoms with van der Waals surface area (Å²) in [6.07, 6.45) is 4.12. The first-order valence-corrected chi connectivity index (χ1v) is 11.7. The molecule has 0 saturated carbocycles. The van der Waals surface area contributed by atoms with Gasteiger partial charge in [0.05, 0.1) is 12.7 Å². The third-order valence-corrected chi connectivity index (χ3v) is 6.24. The third-order valence-electron chi connectivity index (χ3n) is 6.24. The Morgan fingerprint density at radius 3 is 2.65 bits per heavy atom. The Hall–Kier alpha value is -3.65. The van der Waals surface area contributed by atoms with Crippen LogP contribution in [-0.4, -0.2) is 30.1 Å². The number of benzene rings is 3. The summed E-state index contributed by atoms with van der Waals surface area (Å²) in [5, 5.41) is 1.14. The normalized spacial score (nSPS) is 14.0. The van der Waals surface area contributed by atoms with Crippen LogP contribution < -0.4 is 0 Å². The highest BCUT2D eigenvalue weighted by Gasteiger charge is 2.15. The van der Waals surface area contributed by atoms with Gasteiger partial charge in [0.15, 0.2) is 5.78 Å². The van der Waals surface area contributed by atoms with Crippen LogP contribution in [0.25, 0.3) is 22.0 Å². The SMILES string of the molecule is CC(=O)c1cccc(C#Cc2ccc(COC3CCOCC3)cc2)c1-c1ccc2cc[nH]c2c1. The van der Waals surface area contributed by atoms with Crippen LogP contribution in [0.2, 0.25) is 0 Å². The van der Waals surface area contributed by atoms with Gasteiger partial charge in [0, 0.05) is 47.2 Å². The van der Waals surface area contributed by atoms with Crippen molar-refractivity contribution in [1.29, 1.82) is 0 Å². The van der Waals surface area contributed by atoms with E-state index in [2.05, 4.69) is 47.2 Å². The summed E-state index contributed by atoms with van der Waals surface area (Å²) in [5.74, 6) is 6.61. The zero-order valence-corrected chi connectivity index (χ0v) is 19.3. The zero-order valence-electron chi connectivity index (χ0n) is 19.3. The van der Waals surface area contributed by atoms with Crippen molar-refractivity contribution in [2.24, 2.45) is 0 Å². The number of carbonyl (C=O) groups is 1. The second-order valence-electron chi connectivity index (χ2n) is 8.63. The number of ether oxygens (including phenoxy) is 2. The molecule has 4 heteroatoms. The second kappa shape index (κ2) is 10.1. The molecule has 5 rings (SSSR count). The van der Waals surface area contributed by atoms with Crippen LogP contribution in [0.1, 0.15) is 46.8 Å². The van der Waals surface area contributed by atoms with Crippen LogP contribution in [0.3, 0.4) is 0 Å². The number of aromatic amines is 1. The lowest BCUT2D eigenvalue weighted by atomic mass is 9.92. The average Bonchev–Trinajstić information content (AvgIpc) is 3.35. The smallest absolute Gasteiger partial charge is 0.160 e. The molecule has 0 radical (unpaired) electrons. The molecule has 170 valence electrons. The molecule has 0 aliphatic carbocycles. The lowest BCUT2D eigenvalue weighted by molar-refractivity contribution is -0.0390. The fourth-order valence-corrected chi connectivity index (χ4v) is 4.34. The number of nitrogens with one attached hydrogen (secondary N) is 1. The molecular weight excluding hydrogens is 422 g/mol. The minimum absolute atomic E-state index is 0.0270. The van der Waals surface area contributed by atoms with Crippen LogP contribution in [0, 0.1) is 11.8 Å². The molecule has 3 aromatic carbocycles. The van der Waals surface area contributed by atoms with Crippen molar-refractivity contribution in [2.75, 3.05) is 13.2 Å². The van der Waals surface area contributed by atoms with Gasteiger partial charge in [-0.05, 0) is 66.6 Å². The first-order chi connectivity index (χ1) is 16.7. The standard InChI is InChI=1S/C30H27NO3/c1-21(32)28-4-2-3-25(30(28)26-12-11-24-13-16-31-29(24)19-26)10-9-22-5-7-23(8-6-22)20-34-27-14-17-33-18-15-27/h2-8,11-13,16,19,27,31H,14-15,17-18,20H2,1H3. The first kappa shape index (κ1) is 22.2. The molecule has 1 saturated heterocycles. The van der Waals surface area contributed by atoms with Crippen molar-refractivity contribution >= 4 is 16.7 Å². The van der Waals surface area contributed by atoms with Gasteiger partial charge in [0.25, 0.3) is 0 Å². The molecule has 2 heterocycles. The molecule has 1 N–H and O–H groups in total. The molecular formula is C30H27NO3. The average molecular weight is 450 g/mol. The molecule has 1 aliphatic heterocycles. The van der Waals surface area contributed by atoms with E-state index in [0.29, 0.717) is 12.2 Å². The van der Waals surface area contributed by atoms with Crippen molar-refractivity contribution in [1.82, 2.24) is 4.98 Å². The number of hydrogen-bond donors (Lipinski definition) is 1. The van der Waals surface area contributed by atoms with E-state index in [0.717, 1.165) is 64.8 Å². The predicted molar refractivity (Wildman–Crippen MR) is 135 cm³/mol. The highest BCUT2D eigenvalue weighted by molar-refractivity contribution is 6.03. The highest BCUT2D eigenvalue weighted by atomic mass is 16.5. The molecule has 0 atom stereocenters. The van der Waals surface area contributed by atoms with Gasteiger partial charge in [-0.2, -0.15) is 0 Å². The summed E-state index contributed by atoms with van der Waals surface area (Å²) in [6.45, 7) is 3.77. The molecule has 0 unspecified atom stereocenters. The van der Waals surface area contributed by atoms with Gasteiger partial charge in [0.1, 0.15) is 0 Å². The van der Waals surface area contributed by atoms with Gasteiger partial charge < -0.3 is 14.5 Å². The Labute approximate surface area is 199 Å². The number of hydrogen-bond acceptors (Lipinski definition) is 3. The maximum Gasteiger partial charge on any atom is 0.160 e. The maximum atomic E-state index is 12.4. The number of aromatic nitrogens is 1. The zero-order chi connectivity index (χ0) is 23.3. The Balaban J connectivity index is 1.40. The highest BCUT2D eigenvalue weighted by Crippen LogP contribution is 2.30. The molecule has 4 nitrogen and oxygen atoms in total. The van der Waals surface area contributed by atoms with Crippen LogP contribution >= 0.6 is 0 Å². The predicted octanol–water partition coefficient (Wildman–Crippen LogP) is 6.13. The van der Waals surface area contributed by atoms with Crippen molar-refractivity contribution in [3.63, 3.8) is 0 Å². The first-order valence-electron chi connectivity index (χ1n) is 11.7. The van der Waals surface area contributed by atoms with E-state index in [1.165, 1.54) is 0 Å². The Morgan fingerprint density at radius 1 is 1.03 bits per heavy atom. The summed E-state index contributed by atoms with van der Waals surface area (Å²) in [6, 6.07) is 22.2. The number of ketones is 1. The number of fused-ring (bicyclic) bond motifs is 1. The summed E-state index contributed by atoms with van der Waals surface area (Å²) in [5.41, 5.74) is 6.47. The number of H-pyrrole nitrogens is 1.